The predicted octanol–water partition coefficient (Wildman–Crippen LogP) is 1.83. The second-order valence-electron chi connectivity index (χ2n) is 6.51. The van der Waals surface area contributed by atoms with E-state index in [0.717, 1.165) is 11.8 Å². The molecule has 0 saturated heterocycles. The summed E-state index contributed by atoms with van der Waals surface area (Å²) < 4.78 is 0. The average Bonchev–Trinajstić information content (AvgIpc) is 2.69. The normalized spacial score (nSPS) is 34.6. The van der Waals surface area contributed by atoms with Crippen molar-refractivity contribution in [3.8, 4) is 0 Å². The number of hydrogen-bond acceptors (Lipinski definition) is 2. The third-order valence-corrected chi connectivity index (χ3v) is 5.03. The minimum atomic E-state index is -1.35. The van der Waals surface area contributed by atoms with E-state index in [4.69, 9.17) is 10.0 Å². The topological polar surface area (TPSA) is 40.5 Å². The molecule has 2 unspecified atom stereocenters. The molecule has 0 amide bonds. The van der Waals surface area contributed by atoms with Gasteiger partial charge in [-0.25, -0.2) is 0 Å². The molecule has 2 fully saturated rings. The zero-order valence-corrected chi connectivity index (χ0v) is 11.0. The lowest BCUT2D eigenvalue weighted by Crippen LogP contribution is -2.33. The maximum atomic E-state index is 9.14. The fourth-order valence-corrected chi connectivity index (χ4v) is 4.20. The zero-order chi connectivity index (χ0) is 12.8. The standard InChI is InChI=1S/C15H21BO2/c1-15(9-11-2-3-12(8-11)10-15)13-4-6-14(7-5-13)16(17)18/h4-7,11-12,17-18H,2-3,8-10H2,1H3/t11-,12?,15?/m0/s1. The van der Waals surface area contributed by atoms with Crippen molar-refractivity contribution >= 4 is 12.6 Å². The van der Waals surface area contributed by atoms with Gasteiger partial charge in [-0.2, -0.15) is 0 Å². The third-order valence-electron chi connectivity index (χ3n) is 5.03. The molecule has 1 aromatic carbocycles. The number of benzene rings is 1. The molecular formula is C15H21BO2. The Morgan fingerprint density at radius 2 is 1.61 bits per heavy atom. The molecule has 2 saturated carbocycles. The Balaban J connectivity index is 1.85. The SMILES string of the molecule is CC1(c2ccc(B(O)O)cc2)CC2CC[C@@H](C2)C1. The highest BCUT2D eigenvalue weighted by Crippen LogP contribution is 2.51. The Labute approximate surface area is 109 Å². The first kappa shape index (κ1) is 12.2. The molecule has 3 rings (SSSR count). The molecule has 0 radical (unpaired) electrons. The van der Waals surface area contributed by atoms with Crippen LogP contribution in [0.4, 0.5) is 0 Å². The maximum absolute atomic E-state index is 9.14. The Morgan fingerprint density at radius 3 is 2.11 bits per heavy atom. The van der Waals surface area contributed by atoms with Crippen molar-refractivity contribution in [2.45, 2.75) is 44.4 Å². The minimum Gasteiger partial charge on any atom is -0.423 e. The second kappa shape index (κ2) is 4.39. The molecule has 3 atom stereocenters. The second-order valence-corrected chi connectivity index (χ2v) is 6.51. The highest BCUT2D eigenvalue weighted by molar-refractivity contribution is 6.58. The predicted molar refractivity (Wildman–Crippen MR) is 73.7 cm³/mol. The van der Waals surface area contributed by atoms with Gasteiger partial charge < -0.3 is 10.0 Å². The first-order valence-corrected chi connectivity index (χ1v) is 7.03. The summed E-state index contributed by atoms with van der Waals surface area (Å²) in [5.74, 6) is 1.83. The lowest BCUT2D eigenvalue weighted by molar-refractivity contribution is 0.232. The molecule has 0 heterocycles. The van der Waals surface area contributed by atoms with Gasteiger partial charge in [0, 0.05) is 0 Å². The van der Waals surface area contributed by atoms with Gasteiger partial charge >= 0.3 is 7.12 Å². The van der Waals surface area contributed by atoms with Gasteiger partial charge in [0.25, 0.3) is 0 Å². The Morgan fingerprint density at radius 1 is 1.06 bits per heavy atom. The van der Waals surface area contributed by atoms with E-state index < -0.39 is 7.12 Å². The zero-order valence-electron chi connectivity index (χ0n) is 11.0. The smallest absolute Gasteiger partial charge is 0.423 e. The Hall–Kier alpha value is -0.795. The fraction of sp³-hybridized carbons (Fsp3) is 0.600. The van der Waals surface area contributed by atoms with Crippen molar-refractivity contribution in [1.29, 1.82) is 0 Å². The third kappa shape index (κ3) is 2.10. The molecular weight excluding hydrogens is 223 g/mol. The maximum Gasteiger partial charge on any atom is 0.488 e. The van der Waals surface area contributed by atoms with Crippen molar-refractivity contribution in [3.63, 3.8) is 0 Å². The van der Waals surface area contributed by atoms with Crippen LogP contribution in [0.15, 0.2) is 24.3 Å². The molecule has 2 bridgehead atoms. The summed E-state index contributed by atoms with van der Waals surface area (Å²) in [5.41, 5.74) is 2.24. The van der Waals surface area contributed by atoms with E-state index in [1.165, 1.54) is 37.7 Å². The highest BCUT2D eigenvalue weighted by Gasteiger charge is 2.41. The molecule has 0 spiro atoms. The van der Waals surface area contributed by atoms with Crippen molar-refractivity contribution < 1.29 is 10.0 Å². The number of hydrogen-bond donors (Lipinski definition) is 2. The molecule has 3 heteroatoms. The van der Waals surface area contributed by atoms with E-state index in [9.17, 15) is 0 Å². The number of rotatable bonds is 2. The molecule has 2 aliphatic carbocycles. The van der Waals surface area contributed by atoms with Gasteiger partial charge in [0.05, 0.1) is 0 Å². The van der Waals surface area contributed by atoms with Crippen LogP contribution in [0.5, 0.6) is 0 Å². The van der Waals surface area contributed by atoms with E-state index in [1.807, 2.05) is 12.1 Å². The van der Waals surface area contributed by atoms with Crippen molar-refractivity contribution in [2.24, 2.45) is 11.8 Å². The Bertz CT molecular complexity index is 415. The van der Waals surface area contributed by atoms with Crippen LogP contribution in [0, 0.1) is 11.8 Å². The number of fused-ring (bicyclic) bond motifs is 2. The van der Waals surface area contributed by atoms with E-state index in [2.05, 4.69) is 19.1 Å². The molecule has 0 aliphatic heterocycles. The summed E-state index contributed by atoms with van der Waals surface area (Å²) in [7, 11) is -1.35. The van der Waals surface area contributed by atoms with E-state index in [-0.39, 0.29) is 0 Å². The van der Waals surface area contributed by atoms with Gasteiger partial charge in [0.15, 0.2) is 0 Å². The molecule has 2 nitrogen and oxygen atoms in total. The van der Waals surface area contributed by atoms with Crippen LogP contribution in [0.2, 0.25) is 0 Å². The lowest BCUT2D eigenvalue weighted by Gasteiger charge is -2.38. The molecule has 0 aromatic heterocycles. The quantitative estimate of drug-likeness (QED) is 0.779. The largest absolute Gasteiger partial charge is 0.488 e. The minimum absolute atomic E-state index is 0.295. The molecule has 18 heavy (non-hydrogen) atoms. The molecule has 96 valence electrons. The molecule has 2 aliphatic rings. The van der Waals surface area contributed by atoms with Gasteiger partial charge in [0.2, 0.25) is 0 Å². The summed E-state index contributed by atoms with van der Waals surface area (Å²) in [6.07, 6.45) is 6.85. The monoisotopic (exact) mass is 244 g/mol. The van der Waals surface area contributed by atoms with Gasteiger partial charge in [0.1, 0.15) is 0 Å². The summed E-state index contributed by atoms with van der Waals surface area (Å²) in [5, 5.41) is 18.3. The summed E-state index contributed by atoms with van der Waals surface area (Å²) in [6, 6.07) is 7.86. The van der Waals surface area contributed by atoms with Gasteiger partial charge in [-0.05, 0) is 47.5 Å². The Kier molecular flexibility index (Phi) is 2.99. The lowest BCUT2D eigenvalue weighted by atomic mass is 9.66. The summed E-state index contributed by atoms with van der Waals surface area (Å²) in [6.45, 7) is 2.38. The van der Waals surface area contributed by atoms with Crippen LogP contribution in [-0.2, 0) is 5.41 Å². The van der Waals surface area contributed by atoms with Crippen molar-refractivity contribution in [3.05, 3.63) is 29.8 Å². The van der Waals surface area contributed by atoms with Gasteiger partial charge in [-0.1, -0.05) is 44.0 Å². The summed E-state index contributed by atoms with van der Waals surface area (Å²) in [4.78, 5) is 0. The first-order chi connectivity index (χ1) is 8.57. The van der Waals surface area contributed by atoms with Crippen LogP contribution in [0.1, 0.15) is 44.6 Å². The van der Waals surface area contributed by atoms with Gasteiger partial charge in [-0.15, -0.1) is 0 Å². The fourth-order valence-electron chi connectivity index (χ4n) is 4.20. The van der Waals surface area contributed by atoms with Crippen LogP contribution in [0.3, 0.4) is 0 Å². The molecule has 2 N–H and O–H groups in total. The first-order valence-electron chi connectivity index (χ1n) is 7.03. The van der Waals surface area contributed by atoms with Crippen LogP contribution in [-0.4, -0.2) is 17.2 Å². The van der Waals surface area contributed by atoms with Crippen LogP contribution < -0.4 is 5.46 Å². The van der Waals surface area contributed by atoms with Crippen molar-refractivity contribution in [2.75, 3.05) is 0 Å². The van der Waals surface area contributed by atoms with E-state index in [1.54, 1.807) is 0 Å². The highest BCUT2D eigenvalue weighted by atomic mass is 16.4. The summed E-state index contributed by atoms with van der Waals surface area (Å²) >= 11 is 0. The van der Waals surface area contributed by atoms with Crippen LogP contribution in [0.25, 0.3) is 0 Å². The van der Waals surface area contributed by atoms with Crippen molar-refractivity contribution in [1.82, 2.24) is 0 Å². The average molecular weight is 244 g/mol. The molecule has 1 aromatic rings. The van der Waals surface area contributed by atoms with Gasteiger partial charge in [-0.3, -0.25) is 0 Å². The van der Waals surface area contributed by atoms with E-state index >= 15 is 0 Å². The van der Waals surface area contributed by atoms with E-state index in [0.29, 0.717) is 10.9 Å². The van der Waals surface area contributed by atoms with Crippen LogP contribution >= 0.6 is 0 Å².